The highest BCUT2D eigenvalue weighted by Crippen LogP contribution is 2.35. The van der Waals surface area contributed by atoms with Crippen LogP contribution in [-0.2, 0) is 13.0 Å². The van der Waals surface area contributed by atoms with Crippen LogP contribution < -0.4 is 5.32 Å². The van der Waals surface area contributed by atoms with Crippen LogP contribution in [0.5, 0.6) is 0 Å². The number of carbonyl (C=O) groups is 1. The zero-order valence-electron chi connectivity index (χ0n) is 13.9. The van der Waals surface area contributed by atoms with E-state index in [-0.39, 0.29) is 5.78 Å². The Bertz CT molecular complexity index is 879. The SMILES string of the molecule is CC(=O)c1ccc2[nH]c3c(c2c1)CCCC3NCc1ccccc1. The van der Waals surface area contributed by atoms with Gasteiger partial charge in [-0.05, 0) is 55.5 Å². The molecule has 1 aromatic heterocycles. The van der Waals surface area contributed by atoms with Crippen LogP contribution in [0.1, 0.15) is 53.0 Å². The summed E-state index contributed by atoms with van der Waals surface area (Å²) in [5, 5.41) is 4.91. The number of H-pyrrole nitrogens is 1. The van der Waals surface area contributed by atoms with Crippen LogP contribution in [-0.4, -0.2) is 10.8 Å². The molecule has 3 aromatic rings. The summed E-state index contributed by atoms with van der Waals surface area (Å²) >= 11 is 0. The van der Waals surface area contributed by atoms with Crippen LogP contribution >= 0.6 is 0 Å². The Morgan fingerprint density at radius 2 is 2.04 bits per heavy atom. The van der Waals surface area contributed by atoms with Gasteiger partial charge in [0.15, 0.2) is 5.78 Å². The molecule has 0 spiro atoms. The summed E-state index contributed by atoms with van der Waals surface area (Å²) in [5.41, 5.74) is 5.92. The van der Waals surface area contributed by atoms with E-state index in [4.69, 9.17) is 0 Å². The van der Waals surface area contributed by atoms with Crippen LogP contribution in [0.25, 0.3) is 10.9 Å². The fourth-order valence-corrected chi connectivity index (χ4v) is 3.72. The molecule has 4 rings (SSSR count). The number of nitrogens with one attached hydrogen (secondary N) is 2. The number of carbonyl (C=O) groups excluding carboxylic acids is 1. The van der Waals surface area contributed by atoms with Gasteiger partial charge in [-0.25, -0.2) is 0 Å². The number of hydrogen-bond acceptors (Lipinski definition) is 2. The van der Waals surface area contributed by atoms with Gasteiger partial charge in [0.05, 0.1) is 0 Å². The summed E-state index contributed by atoms with van der Waals surface area (Å²) in [6, 6.07) is 16.9. The van der Waals surface area contributed by atoms with Crippen LogP contribution in [0.3, 0.4) is 0 Å². The van der Waals surface area contributed by atoms with Gasteiger partial charge in [0, 0.05) is 34.7 Å². The lowest BCUT2D eigenvalue weighted by atomic mass is 9.91. The quantitative estimate of drug-likeness (QED) is 0.694. The topological polar surface area (TPSA) is 44.9 Å². The smallest absolute Gasteiger partial charge is 0.159 e. The first kappa shape index (κ1) is 15.2. The standard InChI is InChI=1S/C21H22N2O/c1-14(24)16-10-11-19-18(12-16)17-8-5-9-20(21(17)23-19)22-13-15-6-3-2-4-7-15/h2-4,6-7,10-12,20,22-23H,5,8-9,13H2,1H3. The monoisotopic (exact) mass is 318 g/mol. The molecule has 1 aliphatic rings. The molecular weight excluding hydrogens is 296 g/mol. The van der Waals surface area contributed by atoms with E-state index in [9.17, 15) is 4.79 Å². The molecular formula is C21H22N2O. The summed E-state index contributed by atoms with van der Waals surface area (Å²) in [4.78, 5) is 15.3. The highest BCUT2D eigenvalue weighted by molar-refractivity contribution is 5.99. The van der Waals surface area contributed by atoms with Crippen LogP contribution in [0.4, 0.5) is 0 Å². The average molecular weight is 318 g/mol. The third-order valence-electron chi connectivity index (χ3n) is 5.01. The molecule has 122 valence electrons. The second-order valence-corrected chi connectivity index (χ2v) is 6.65. The lowest BCUT2D eigenvalue weighted by molar-refractivity contribution is 0.101. The Hall–Kier alpha value is -2.39. The first-order valence-electron chi connectivity index (χ1n) is 8.65. The normalized spacial score (nSPS) is 17.0. The third-order valence-corrected chi connectivity index (χ3v) is 5.01. The molecule has 24 heavy (non-hydrogen) atoms. The van der Waals surface area contributed by atoms with E-state index in [2.05, 4.69) is 34.6 Å². The Morgan fingerprint density at radius 1 is 1.21 bits per heavy atom. The van der Waals surface area contributed by atoms with E-state index in [0.29, 0.717) is 6.04 Å². The van der Waals surface area contributed by atoms with Crippen molar-refractivity contribution < 1.29 is 4.79 Å². The molecule has 2 aromatic carbocycles. The summed E-state index contributed by atoms with van der Waals surface area (Å²) < 4.78 is 0. The zero-order chi connectivity index (χ0) is 16.5. The van der Waals surface area contributed by atoms with E-state index in [0.717, 1.165) is 30.5 Å². The summed E-state index contributed by atoms with van der Waals surface area (Å²) in [7, 11) is 0. The number of hydrogen-bond donors (Lipinski definition) is 2. The number of benzene rings is 2. The highest BCUT2D eigenvalue weighted by atomic mass is 16.1. The first-order chi connectivity index (χ1) is 11.7. The van der Waals surface area contributed by atoms with Gasteiger partial charge in [0.1, 0.15) is 0 Å². The fourth-order valence-electron chi connectivity index (χ4n) is 3.72. The minimum absolute atomic E-state index is 0.126. The number of Topliss-reactive ketones (excluding diaryl/α,β-unsaturated/α-hetero) is 1. The predicted molar refractivity (Wildman–Crippen MR) is 97.3 cm³/mol. The van der Waals surface area contributed by atoms with Crippen molar-refractivity contribution in [3.63, 3.8) is 0 Å². The molecule has 0 radical (unpaired) electrons. The van der Waals surface area contributed by atoms with E-state index >= 15 is 0 Å². The van der Waals surface area contributed by atoms with Gasteiger partial charge < -0.3 is 10.3 Å². The number of fused-ring (bicyclic) bond motifs is 3. The van der Waals surface area contributed by atoms with Crippen molar-refractivity contribution in [2.24, 2.45) is 0 Å². The van der Waals surface area contributed by atoms with E-state index in [1.165, 1.54) is 28.6 Å². The second kappa shape index (κ2) is 6.25. The van der Waals surface area contributed by atoms with Crippen molar-refractivity contribution in [2.75, 3.05) is 0 Å². The maximum absolute atomic E-state index is 11.7. The Labute approximate surface area is 142 Å². The van der Waals surface area contributed by atoms with Crippen LogP contribution in [0, 0.1) is 0 Å². The largest absolute Gasteiger partial charge is 0.357 e. The lowest BCUT2D eigenvalue weighted by Gasteiger charge is -2.24. The van der Waals surface area contributed by atoms with Crippen LogP contribution in [0.15, 0.2) is 48.5 Å². The molecule has 1 heterocycles. The zero-order valence-corrected chi connectivity index (χ0v) is 13.9. The maximum Gasteiger partial charge on any atom is 0.159 e. The van der Waals surface area contributed by atoms with Gasteiger partial charge in [0.25, 0.3) is 0 Å². The predicted octanol–water partition coefficient (Wildman–Crippen LogP) is 4.54. The van der Waals surface area contributed by atoms with Gasteiger partial charge in [0.2, 0.25) is 0 Å². The van der Waals surface area contributed by atoms with E-state index < -0.39 is 0 Å². The Kier molecular flexibility index (Phi) is 3.95. The molecule has 3 heteroatoms. The average Bonchev–Trinajstić information content (AvgIpc) is 2.99. The van der Waals surface area contributed by atoms with Crippen molar-refractivity contribution >= 4 is 16.7 Å². The van der Waals surface area contributed by atoms with E-state index in [1.54, 1.807) is 6.92 Å². The number of aryl methyl sites for hydroxylation is 1. The summed E-state index contributed by atoms with van der Waals surface area (Å²) in [6.07, 6.45) is 3.41. The molecule has 0 bridgehead atoms. The molecule has 0 fully saturated rings. The summed E-state index contributed by atoms with van der Waals surface area (Å²) in [5.74, 6) is 0.126. The highest BCUT2D eigenvalue weighted by Gasteiger charge is 2.24. The van der Waals surface area contributed by atoms with Crippen molar-refractivity contribution in [3.8, 4) is 0 Å². The molecule has 0 saturated carbocycles. The van der Waals surface area contributed by atoms with E-state index in [1.807, 2.05) is 24.3 Å². The molecule has 0 amide bonds. The molecule has 1 unspecified atom stereocenters. The van der Waals surface area contributed by atoms with Gasteiger partial charge >= 0.3 is 0 Å². The minimum atomic E-state index is 0.126. The van der Waals surface area contributed by atoms with Gasteiger partial charge in [-0.1, -0.05) is 30.3 Å². The molecule has 1 aliphatic carbocycles. The Balaban J connectivity index is 1.64. The third kappa shape index (κ3) is 2.76. The first-order valence-corrected chi connectivity index (χ1v) is 8.65. The van der Waals surface area contributed by atoms with Gasteiger partial charge in [-0.2, -0.15) is 0 Å². The molecule has 2 N–H and O–H groups in total. The number of aromatic nitrogens is 1. The fraction of sp³-hybridized carbons (Fsp3) is 0.286. The molecule has 0 saturated heterocycles. The molecule has 0 aliphatic heterocycles. The van der Waals surface area contributed by atoms with Crippen molar-refractivity contribution in [2.45, 2.75) is 38.8 Å². The van der Waals surface area contributed by atoms with Crippen molar-refractivity contribution in [1.82, 2.24) is 10.3 Å². The van der Waals surface area contributed by atoms with Crippen molar-refractivity contribution in [3.05, 3.63) is 70.9 Å². The van der Waals surface area contributed by atoms with Gasteiger partial charge in [-0.15, -0.1) is 0 Å². The number of aromatic amines is 1. The van der Waals surface area contributed by atoms with Crippen molar-refractivity contribution in [1.29, 1.82) is 0 Å². The second-order valence-electron chi connectivity index (χ2n) is 6.65. The van der Waals surface area contributed by atoms with Crippen LogP contribution in [0.2, 0.25) is 0 Å². The minimum Gasteiger partial charge on any atom is -0.357 e. The Morgan fingerprint density at radius 3 is 2.83 bits per heavy atom. The number of ketones is 1. The van der Waals surface area contributed by atoms with Gasteiger partial charge in [-0.3, -0.25) is 4.79 Å². The lowest BCUT2D eigenvalue weighted by Crippen LogP contribution is -2.24. The number of rotatable bonds is 4. The molecule has 1 atom stereocenters. The molecule has 3 nitrogen and oxygen atoms in total. The maximum atomic E-state index is 11.7. The summed E-state index contributed by atoms with van der Waals surface area (Å²) in [6.45, 7) is 2.50.